The van der Waals surface area contributed by atoms with Crippen LogP contribution in [0.4, 0.5) is 0 Å². The third kappa shape index (κ3) is 1.63. The minimum atomic E-state index is 0.163. The van der Waals surface area contributed by atoms with E-state index in [4.69, 9.17) is 17.0 Å². The summed E-state index contributed by atoms with van der Waals surface area (Å²) >= 11 is 8.56. The number of nitrogens with one attached hydrogen (secondary N) is 1. The Morgan fingerprint density at radius 3 is 3.08 bits per heavy atom. The summed E-state index contributed by atoms with van der Waals surface area (Å²) in [7, 11) is 0. The number of rotatable bonds is 1. The lowest BCUT2D eigenvalue weighted by molar-refractivity contribution is 0.585. The molecule has 0 fully saturated rings. The monoisotopic (exact) mass is 211 g/mol. The molecule has 0 atom stereocenters. The summed E-state index contributed by atoms with van der Waals surface area (Å²) in [5, 5.41) is 10.3. The molecule has 6 heteroatoms. The molecule has 0 saturated carbocycles. The van der Waals surface area contributed by atoms with Crippen LogP contribution in [0, 0.1) is 0 Å². The molecule has 0 aliphatic heterocycles. The van der Waals surface area contributed by atoms with Gasteiger partial charge in [0, 0.05) is 0 Å². The number of benzene rings is 1. The fourth-order valence-electron chi connectivity index (χ4n) is 1.02. The molecule has 1 aromatic carbocycles. The van der Waals surface area contributed by atoms with Gasteiger partial charge in [0.15, 0.2) is 11.3 Å². The summed E-state index contributed by atoms with van der Waals surface area (Å²) in [4.78, 5) is 0. The quantitative estimate of drug-likeness (QED) is 0.555. The van der Waals surface area contributed by atoms with Crippen molar-refractivity contribution in [3.8, 4) is 5.75 Å². The molecule has 0 amide bonds. The molecule has 0 unspecified atom stereocenters. The predicted octanol–water partition coefficient (Wildman–Crippen LogP) is 1.55. The second-order valence-corrected chi connectivity index (χ2v) is 3.39. The lowest BCUT2D eigenvalue weighted by Crippen LogP contribution is -1.96. The van der Waals surface area contributed by atoms with Gasteiger partial charge in [0.25, 0.3) is 0 Å². The van der Waals surface area contributed by atoms with E-state index >= 15 is 0 Å². The maximum Gasteiger partial charge on any atom is 0.222 e. The van der Waals surface area contributed by atoms with Gasteiger partial charge in [-0.2, -0.15) is 15.4 Å². The number of para-hydroxylation sites is 1. The van der Waals surface area contributed by atoms with E-state index in [0.29, 0.717) is 11.3 Å². The van der Waals surface area contributed by atoms with Crippen LogP contribution in [0.25, 0.3) is 11.0 Å². The number of thiol groups is 1. The highest BCUT2D eigenvalue weighted by Gasteiger charge is 2.05. The number of hydrogen-bond donors (Lipinski definition) is 2. The van der Waals surface area contributed by atoms with Crippen LogP contribution in [0.3, 0.4) is 0 Å². The maximum atomic E-state index is 5.16. The van der Waals surface area contributed by atoms with Gasteiger partial charge in [0.1, 0.15) is 5.52 Å². The molecule has 0 saturated heterocycles. The van der Waals surface area contributed by atoms with Crippen molar-refractivity contribution in [1.82, 2.24) is 15.4 Å². The number of fused-ring (bicyclic) bond motifs is 1. The number of H-pyrrole nitrogens is 1. The SMILES string of the molecule is S=C(S)Oc1cccc2n[nH]nc12. The fourth-order valence-corrected chi connectivity index (χ4v) is 1.21. The van der Waals surface area contributed by atoms with Crippen molar-refractivity contribution in [1.29, 1.82) is 0 Å². The van der Waals surface area contributed by atoms with E-state index in [0.717, 1.165) is 5.52 Å². The van der Waals surface area contributed by atoms with Crippen LogP contribution in [0.15, 0.2) is 18.2 Å². The molecular formula is C7H5N3OS2. The standard InChI is InChI=1S/C7H5N3OS2/c12-7(13)11-5-3-1-2-4-6(5)9-10-8-4/h1-3H,(H,12,13)(H,8,9,10). The number of aromatic amines is 1. The molecule has 0 bridgehead atoms. The van der Waals surface area contributed by atoms with E-state index < -0.39 is 0 Å². The Morgan fingerprint density at radius 2 is 2.31 bits per heavy atom. The number of ether oxygens (including phenoxy) is 1. The smallest absolute Gasteiger partial charge is 0.222 e. The van der Waals surface area contributed by atoms with E-state index in [1.165, 1.54) is 0 Å². The highest BCUT2D eigenvalue weighted by atomic mass is 32.1. The molecular weight excluding hydrogens is 206 g/mol. The Balaban J connectivity index is 2.54. The zero-order valence-electron chi connectivity index (χ0n) is 6.39. The van der Waals surface area contributed by atoms with Crippen LogP contribution in [-0.4, -0.2) is 19.8 Å². The highest BCUT2D eigenvalue weighted by molar-refractivity contribution is 8.10. The molecule has 0 aliphatic rings. The van der Waals surface area contributed by atoms with Crippen LogP contribution in [-0.2, 0) is 0 Å². The van der Waals surface area contributed by atoms with E-state index in [1.807, 2.05) is 12.1 Å². The minimum absolute atomic E-state index is 0.163. The van der Waals surface area contributed by atoms with Gasteiger partial charge in [-0.15, -0.1) is 0 Å². The largest absolute Gasteiger partial charge is 0.438 e. The van der Waals surface area contributed by atoms with Crippen molar-refractivity contribution in [3.63, 3.8) is 0 Å². The summed E-state index contributed by atoms with van der Waals surface area (Å²) in [6, 6.07) is 5.40. The highest BCUT2D eigenvalue weighted by Crippen LogP contribution is 2.21. The van der Waals surface area contributed by atoms with Gasteiger partial charge in [-0.25, -0.2) is 0 Å². The van der Waals surface area contributed by atoms with Gasteiger partial charge in [-0.05, 0) is 24.4 Å². The van der Waals surface area contributed by atoms with Crippen LogP contribution < -0.4 is 4.74 Å². The first-order valence-electron chi connectivity index (χ1n) is 3.47. The summed E-state index contributed by atoms with van der Waals surface area (Å²) < 4.78 is 5.32. The van der Waals surface area contributed by atoms with Gasteiger partial charge in [-0.1, -0.05) is 18.7 Å². The van der Waals surface area contributed by atoms with Crippen molar-refractivity contribution in [2.45, 2.75) is 0 Å². The molecule has 2 rings (SSSR count). The number of nitrogens with zero attached hydrogens (tertiary/aromatic N) is 2. The maximum absolute atomic E-state index is 5.16. The molecule has 2 aromatic rings. The summed E-state index contributed by atoms with van der Waals surface area (Å²) in [6.45, 7) is 0. The molecule has 13 heavy (non-hydrogen) atoms. The van der Waals surface area contributed by atoms with Gasteiger partial charge in [0.2, 0.25) is 4.38 Å². The van der Waals surface area contributed by atoms with Gasteiger partial charge in [0.05, 0.1) is 0 Å². The number of hydrogen-bond acceptors (Lipinski definition) is 4. The first-order valence-corrected chi connectivity index (χ1v) is 4.33. The summed E-state index contributed by atoms with van der Waals surface area (Å²) in [5.74, 6) is 0.561. The topological polar surface area (TPSA) is 50.8 Å². The first-order chi connectivity index (χ1) is 6.27. The van der Waals surface area contributed by atoms with Crippen LogP contribution in [0.5, 0.6) is 5.75 Å². The van der Waals surface area contributed by atoms with E-state index in [1.54, 1.807) is 6.07 Å². The molecule has 0 aliphatic carbocycles. The molecule has 1 aromatic heterocycles. The molecule has 4 nitrogen and oxygen atoms in total. The third-order valence-electron chi connectivity index (χ3n) is 1.51. The molecule has 66 valence electrons. The van der Waals surface area contributed by atoms with Crippen molar-refractivity contribution in [3.05, 3.63) is 18.2 Å². The number of thiocarbonyl (C=S) groups is 1. The predicted molar refractivity (Wildman–Crippen MR) is 56.1 cm³/mol. The second kappa shape index (κ2) is 3.31. The van der Waals surface area contributed by atoms with E-state index in [-0.39, 0.29) is 4.38 Å². The second-order valence-electron chi connectivity index (χ2n) is 2.32. The normalized spacial score (nSPS) is 10.2. The van der Waals surface area contributed by atoms with Crippen molar-refractivity contribution in [2.75, 3.05) is 0 Å². The average molecular weight is 211 g/mol. The first kappa shape index (κ1) is 8.46. The minimum Gasteiger partial charge on any atom is -0.438 e. The Kier molecular flexibility index (Phi) is 2.15. The van der Waals surface area contributed by atoms with Crippen LogP contribution >= 0.6 is 24.8 Å². The van der Waals surface area contributed by atoms with Gasteiger partial charge in [-0.3, -0.25) is 0 Å². The van der Waals surface area contributed by atoms with E-state index in [2.05, 4.69) is 28.0 Å². The van der Waals surface area contributed by atoms with E-state index in [9.17, 15) is 0 Å². The molecule has 1 N–H and O–H groups in total. The summed E-state index contributed by atoms with van der Waals surface area (Å²) in [6.07, 6.45) is 0. The molecule has 0 radical (unpaired) electrons. The van der Waals surface area contributed by atoms with Crippen molar-refractivity contribution < 1.29 is 4.74 Å². The summed E-state index contributed by atoms with van der Waals surface area (Å²) in [5.41, 5.74) is 1.39. The zero-order valence-corrected chi connectivity index (χ0v) is 8.10. The lowest BCUT2D eigenvalue weighted by Gasteiger charge is -2.00. The zero-order chi connectivity index (χ0) is 9.26. The molecule has 0 spiro atoms. The third-order valence-corrected chi connectivity index (χ3v) is 1.68. The van der Waals surface area contributed by atoms with Crippen LogP contribution in [0.2, 0.25) is 0 Å². The average Bonchev–Trinajstić information content (AvgIpc) is 2.51. The lowest BCUT2D eigenvalue weighted by atomic mass is 10.3. The fraction of sp³-hybridized carbons (Fsp3) is 0. The van der Waals surface area contributed by atoms with Gasteiger partial charge >= 0.3 is 0 Å². The Morgan fingerprint density at radius 1 is 1.46 bits per heavy atom. The Labute approximate surface area is 84.7 Å². The van der Waals surface area contributed by atoms with Gasteiger partial charge < -0.3 is 4.74 Å². The van der Waals surface area contributed by atoms with Crippen molar-refractivity contribution >= 4 is 40.3 Å². The number of aromatic nitrogens is 3. The molecule has 1 heterocycles. The van der Waals surface area contributed by atoms with Crippen molar-refractivity contribution in [2.24, 2.45) is 0 Å². The van der Waals surface area contributed by atoms with Crippen LogP contribution in [0.1, 0.15) is 0 Å². The Hall–Kier alpha value is -1.14. The Bertz CT molecular complexity index is 454.